The number of thioether (sulfide) groups is 1. The molecule has 0 aliphatic heterocycles. The zero-order valence-electron chi connectivity index (χ0n) is 10.9. The lowest BCUT2D eigenvalue weighted by Crippen LogP contribution is -1.85. The third kappa shape index (κ3) is 3.43. The second kappa shape index (κ2) is 6.28. The Hall–Kier alpha value is -1.85. The molecule has 1 heterocycles. The largest absolute Gasteiger partial charge is 0.258 e. The van der Waals surface area contributed by atoms with Crippen molar-refractivity contribution >= 4 is 23.4 Å². The van der Waals surface area contributed by atoms with Crippen LogP contribution in [0, 0.1) is 5.82 Å². The summed E-state index contributed by atoms with van der Waals surface area (Å²) in [5, 5.41) is 8.12. The van der Waals surface area contributed by atoms with Crippen LogP contribution >= 0.6 is 23.4 Å². The summed E-state index contributed by atoms with van der Waals surface area (Å²) in [7, 11) is 0. The van der Waals surface area contributed by atoms with E-state index in [9.17, 15) is 4.39 Å². The second-order valence-corrected chi connectivity index (χ2v) is 5.71. The van der Waals surface area contributed by atoms with E-state index in [1.54, 1.807) is 6.07 Å². The number of rotatable bonds is 4. The molecule has 2 aromatic carbocycles. The van der Waals surface area contributed by atoms with E-state index in [1.807, 2.05) is 30.3 Å². The molecule has 3 nitrogen and oxygen atoms in total. The number of nitrogens with one attached hydrogen (secondary N) is 1. The fraction of sp³-hybridized carbons (Fsp3) is 0.0667. The molecular formula is C15H11ClFN3S. The normalized spacial score (nSPS) is 10.8. The Morgan fingerprint density at radius 3 is 2.71 bits per heavy atom. The van der Waals surface area contributed by atoms with Gasteiger partial charge in [0.15, 0.2) is 5.82 Å². The smallest absolute Gasteiger partial charge is 0.209 e. The number of hydrogen-bond donors (Lipinski definition) is 1. The number of halogens is 2. The topological polar surface area (TPSA) is 41.6 Å². The van der Waals surface area contributed by atoms with Crippen LogP contribution in [-0.4, -0.2) is 15.2 Å². The molecule has 0 radical (unpaired) electrons. The minimum absolute atomic E-state index is 0.335. The molecule has 3 aromatic rings. The monoisotopic (exact) mass is 319 g/mol. The van der Waals surface area contributed by atoms with Crippen molar-refractivity contribution in [3.8, 4) is 11.4 Å². The maximum atomic E-state index is 13.0. The molecule has 1 N–H and O–H groups in total. The Morgan fingerprint density at radius 1 is 1.14 bits per heavy atom. The molecule has 0 aliphatic carbocycles. The number of aromatic nitrogens is 3. The van der Waals surface area contributed by atoms with E-state index in [4.69, 9.17) is 11.6 Å². The fourth-order valence-electron chi connectivity index (χ4n) is 1.82. The zero-order chi connectivity index (χ0) is 14.7. The third-order valence-electron chi connectivity index (χ3n) is 2.88. The van der Waals surface area contributed by atoms with E-state index in [1.165, 1.54) is 23.9 Å². The number of H-pyrrole nitrogens is 1. The molecular weight excluding hydrogens is 309 g/mol. The summed E-state index contributed by atoms with van der Waals surface area (Å²) in [6.45, 7) is 0. The van der Waals surface area contributed by atoms with Crippen LogP contribution in [0.1, 0.15) is 5.56 Å². The highest BCUT2D eigenvalue weighted by Gasteiger charge is 2.08. The van der Waals surface area contributed by atoms with Gasteiger partial charge in [-0.3, -0.25) is 5.10 Å². The van der Waals surface area contributed by atoms with Crippen molar-refractivity contribution in [2.45, 2.75) is 10.9 Å². The van der Waals surface area contributed by atoms with E-state index in [2.05, 4.69) is 15.2 Å². The lowest BCUT2D eigenvalue weighted by molar-refractivity contribution is 0.627. The van der Waals surface area contributed by atoms with Gasteiger partial charge in [-0.05, 0) is 17.7 Å². The quantitative estimate of drug-likeness (QED) is 0.717. The van der Waals surface area contributed by atoms with Crippen LogP contribution in [0.25, 0.3) is 11.4 Å². The average molecular weight is 320 g/mol. The highest BCUT2D eigenvalue weighted by Crippen LogP contribution is 2.26. The van der Waals surface area contributed by atoms with Gasteiger partial charge in [0, 0.05) is 16.3 Å². The van der Waals surface area contributed by atoms with E-state index >= 15 is 0 Å². The summed E-state index contributed by atoms with van der Waals surface area (Å²) in [6, 6.07) is 14.2. The van der Waals surface area contributed by atoms with Gasteiger partial charge in [-0.15, -0.1) is 5.10 Å². The van der Waals surface area contributed by atoms with Crippen LogP contribution < -0.4 is 0 Å². The van der Waals surface area contributed by atoms with Crippen LogP contribution in [0.3, 0.4) is 0 Å². The molecule has 0 fully saturated rings. The minimum Gasteiger partial charge on any atom is -0.258 e. The molecule has 0 unspecified atom stereocenters. The molecule has 0 aliphatic rings. The van der Waals surface area contributed by atoms with Crippen LogP contribution in [0.5, 0.6) is 0 Å². The first-order valence-corrected chi connectivity index (χ1v) is 7.63. The summed E-state index contributed by atoms with van der Waals surface area (Å²) in [4.78, 5) is 4.42. The Bertz CT molecular complexity index is 746. The molecule has 0 amide bonds. The molecule has 0 atom stereocenters. The van der Waals surface area contributed by atoms with Gasteiger partial charge >= 0.3 is 0 Å². The third-order valence-corrected chi connectivity index (χ3v) is 4.13. The predicted octanol–water partition coefficient (Wildman–Crippen LogP) is 4.56. The van der Waals surface area contributed by atoms with Crippen molar-refractivity contribution in [3.05, 3.63) is 64.9 Å². The van der Waals surface area contributed by atoms with Crippen LogP contribution in [0.4, 0.5) is 4.39 Å². The molecule has 0 bridgehead atoms. The Labute approximate surface area is 130 Å². The van der Waals surface area contributed by atoms with Crippen molar-refractivity contribution in [3.63, 3.8) is 0 Å². The molecule has 0 spiro atoms. The first-order chi connectivity index (χ1) is 10.2. The van der Waals surface area contributed by atoms with Gasteiger partial charge in [0.2, 0.25) is 5.16 Å². The number of benzene rings is 2. The molecule has 3 rings (SSSR count). The van der Waals surface area contributed by atoms with Gasteiger partial charge < -0.3 is 0 Å². The number of aromatic amines is 1. The number of nitrogens with zero attached hydrogens (tertiary/aromatic N) is 2. The molecule has 106 valence electrons. The molecule has 0 saturated carbocycles. The highest BCUT2D eigenvalue weighted by molar-refractivity contribution is 7.98. The van der Waals surface area contributed by atoms with Gasteiger partial charge in [-0.1, -0.05) is 59.8 Å². The second-order valence-electron chi connectivity index (χ2n) is 4.36. The van der Waals surface area contributed by atoms with Gasteiger partial charge in [0.1, 0.15) is 5.82 Å². The van der Waals surface area contributed by atoms with Crippen molar-refractivity contribution in [1.82, 2.24) is 15.2 Å². The molecule has 6 heteroatoms. The van der Waals surface area contributed by atoms with Crippen LogP contribution in [0.2, 0.25) is 5.02 Å². The molecule has 1 aromatic heterocycles. The summed E-state index contributed by atoms with van der Waals surface area (Å²) in [6.07, 6.45) is 0. The average Bonchev–Trinajstić information content (AvgIpc) is 2.96. The van der Waals surface area contributed by atoms with Crippen molar-refractivity contribution in [1.29, 1.82) is 0 Å². The summed E-state index contributed by atoms with van der Waals surface area (Å²) >= 11 is 7.44. The Balaban J connectivity index is 1.70. The van der Waals surface area contributed by atoms with Gasteiger partial charge in [-0.25, -0.2) is 9.37 Å². The highest BCUT2D eigenvalue weighted by atomic mass is 35.5. The predicted molar refractivity (Wildman–Crippen MR) is 82.8 cm³/mol. The zero-order valence-corrected chi connectivity index (χ0v) is 12.5. The summed E-state index contributed by atoms with van der Waals surface area (Å²) in [5.41, 5.74) is 1.84. The maximum Gasteiger partial charge on any atom is 0.209 e. The van der Waals surface area contributed by atoms with E-state index in [-0.39, 0.29) is 5.82 Å². The van der Waals surface area contributed by atoms with Crippen molar-refractivity contribution in [2.75, 3.05) is 0 Å². The van der Waals surface area contributed by atoms with Gasteiger partial charge in [-0.2, -0.15) is 0 Å². The lowest BCUT2D eigenvalue weighted by atomic mass is 10.2. The van der Waals surface area contributed by atoms with Crippen molar-refractivity contribution < 1.29 is 4.39 Å². The van der Waals surface area contributed by atoms with Crippen molar-refractivity contribution in [2.24, 2.45) is 0 Å². The first-order valence-electron chi connectivity index (χ1n) is 6.27. The summed E-state index contributed by atoms with van der Waals surface area (Å²) < 4.78 is 13.0. The van der Waals surface area contributed by atoms with Gasteiger partial charge in [0.05, 0.1) is 0 Å². The van der Waals surface area contributed by atoms with Crippen LogP contribution in [0.15, 0.2) is 53.7 Å². The standard InChI is InChI=1S/C15H11ClFN3S/c16-13-8-12(17)7-6-11(13)9-21-15-18-14(19-20-15)10-4-2-1-3-5-10/h1-8H,9H2,(H,18,19,20). The Kier molecular flexibility index (Phi) is 4.22. The molecule has 21 heavy (non-hydrogen) atoms. The fourth-order valence-corrected chi connectivity index (χ4v) is 2.93. The van der Waals surface area contributed by atoms with Gasteiger partial charge in [0.25, 0.3) is 0 Å². The van der Waals surface area contributed by atoms with E-state index < -0.39 is 0 Å². The van der Waals surface area contributed by atoms with E-state index in [0.29, 0.717) is 15.9 Å². The Morgan fingerprint density at radius 2 is 1.95 bits per heavy atom. The summed E-state index contributed by atoms with van der Waals surface area (Å²) in [5.74, 6) is 0.979. The minimum atomic E-state index is -0.335. The number of hydrogen-bond acceptors (Lipinski definition) is 3. The maximum absolute atomic E-state index is 13.0. The first kappa shape index (κ1) is 14.1. The lowest BCUT2D eigenvalue weighted by Gasteiger charge is -2.01. The molecule has 0 saturated heterocycles. The SMILES string of the molecule is Fc1ccc(CSc2n[nH]c(-c3ccccc3)n2)c(Cl)c1. The van der Waals surface area contributed by atoms with Crippen LogP contribution in [-0.2, 0) is 5.75 Å². The van der Waals surface area contributed by atoms with E-state index in [0.717, 1.165) is 17.0 Å².